The molecule has 1 aliphatic carbocycles. The molecule has 1 aliphatic heterocycles. The van der Waals surface area contributed by atoms with Crippen molar-refractivity contribution in [2.45, 2.75) is 39.2 Å². The number of piperidine rings is 1. The van der Waals surface area contributed by atoms with Crippen molar-refractivity contribution in [2.24, 2.45) is 11.3 Å². The smallest absolute Gasteiger partial charge is 0.227 e. The van der Waals surface area contributed by atoms with Gasteiger partial charge in [0.2, 0.25) is 11.8 Å². The highest BCUT2D eigenvalue weighted by molar-refractivity contribution is 5.86. The van der Waals surface area contributed by atoms with Gasteiger partial charge in [0, 0.05) is 19.0 Å². The molecule has 84 valence electrons. The minimum absolute atomic E-state index is 0.0556. The van der Waals surface area contributed by atoms with Crippen molar-refractivity contribution in [3.63, 3.8) is 0 Å². The molecule has 3 unspecified atom stereocenters. The van der Waals surface area contributed by atoms with Crippen LogP contribution >= 0.6 is 0 Å². The zero-order chi connectivity index (χ0) is 11.1. The quantitative estimate of drug-likeness (QED) is 0.694. The number of hydrogen-bond acceptors (Lipinski definition) is 2. The summed E-state index contributed by atoms with van der Waals surface area (Å²) in [6.07, 6.45) is 2.21. The van der Waals surface area contributed by atoms with E-state index in [2.05, 4.69) is 17.6 Å². The van der Waals surface area contributed by atoms with Crippen molar-refractivity contribution in [1.82, 2.24) is 10.6 Å². The number of nitrogens with one attached hydrogen (secondary N) is 2. The van der Waals surface area contributed by atoms with Crippen LogP contribution in [0.2, 0.25) is 0 Å². The summed E-state index contributed by atoms with van der Waals surface area (Å²) >= 11 is 0. The minimum Gasteiger partial charge on any atom is -0.355 e. The van der Waals surface area contributed by atoms with E-state index in [-0.39, 0.29) is 11.8 Å². The van der Waals surface area contributed by atoms with Crippen molar-refractivity contribution in [3.8, 4) is 0 Å². The van der Waals surface area contributed by atoms with Gasteiger partial charge in [-0.3, -0.25) is 9.59 Å². The molecule has 0 aromatic rings. The Labute approximate surface area is 89.8 Å². The number of rotatable bonds is 2. The third-order valence-electron chi connectivity index (χ3n) is 3.55. The van der Waals surface area contributed by atoms with Crippen LogP contribution in [0.4, 0.5) is 0 Å². The lowest BCUT2D eigenvalue weighted by atomic mass is 9.81. The summed E-state index contributed by atoms with van der Waals surface area (Å²) in [6, 6.07) is 0.368. The Bertz CT molecular complexity index is 291. The van der Waals surface area contributed by atoms with Crippen molar-refractivity contribution in [3.05, 3.63) is 0 Å². The molecular weight excluding hydrogens is 192 g/mol. The molecule has 3 atom stereocenters. The lowest BCUT2D eigenvalue weighted by Gasteiger charge is -2.32. The monoisotopic (exact) mass is 210 g/mol. The maximum absolute atomic E-state index is 12.0. The first-order chi connectivity index (χ1) is 7.01. The average Bonchev–Trinajstić information content (AvgIpc) is 2.87. The largest absolute Gasteiger partial charge is 0.355 e. The summed E-state index contributed by atoms with van der Waals surface area (Å²) in [4.78, 5) is 23.0. The highest BCUT2D eigenvalue weighted by Gasteiger charge is 2.41. The topological polar surface area (TPSA) is 58.2 Å². The number of amides is 2. The van der Waals surface area contributed by atoms with Gasteiger partial charge in [0.05, 0.1) is 5.41 Å². The van der Waals surface area contributed by atoms with Crippen LogP contribution in [-0.4, -0.2) is 24.4 Å². The van der Waals surface area contributed by atoms with E-state index in [1.54, 1.807) is 0 Å². The molecule has 2 N–H and O–H groups in total. The number of hydrogen-bond donors (Lipinski definition) is 2. The fourth-order valence-corrected chi connectivity index (χ4v) is 1.92. The summed E-state index contributed by atoms with van der Waals surface area (Å²) in [5.41, 5.74) is -0.407. The Balaban J connectivity index is 1.90. The molecule has 1 saturated carbocycles. The lowest BCUT2D eigenvalue weighted by molar-refractivity contribution is -0.134. The Morgan fingerprint density at radius 1 is 1.60 bits per heavy atom. The van der Waals surface area contributed by atoms with E-state index >= 15 is 0 Å². The van der Waals surface area contributed by atoms with Crippen LogP contribution in [0.1, 0.15) is 33.1 Å². The van der Waals surface area contributed by atoms with Gasteiger partial charge >= 0.3 is 0 Å². The molecule has 15 heavy (non-hydrogen) atoms. The zero-order valence-corrected chi connectivity index (χ0v) is 9.30. The van der Waals surface area contributed by atoms with Crippen LogP contribution in [-0.2, 0) is 9.59 Å². The minimum atomic E-state index is -0.407. The van der Waals surface area contributed by atoms with E-state index in [1.807, 2.05) is 6.92 Å². The van der Waals surface area contributed by atoms with E-state index in [0.717, 1.165) is 6.42 Å². The fourth-order valence-electron chi connectivity index (χ4n) is 1.92. The summed E-state index contributed by atoms with van der Waals surface area (Å²) in [6.45, 7) is 4.53. The highest BCUT2D eigenvalue weighted by Crippen LogP contribution is 2.32. The Kier molecular flexibility index (Phi) is 2.44. The molecule has 0 aromatic carbocycles. The maximum atomic E-state index is 12.0. The number of carbonyl (C=O) groups excluding carboxylic acids is 2. The molecule has 1 heterocycles. The summed E-state index contributed by atoms with van der Waals surface area (Å²) in [7, 11) is 0. The molecule has 2 rings (SSSR count). The second-order valence-corrected chi connectivity index (χ2v) is 5.13. The summed E-state index contributed by atoms with van der Waals surface area (Å²) < 4.78 is 0. The molecule has 4 heteroatoms. The molecule has 2 aliphatic rings. The van der Waals surface area contributed by atoms with Gasteiger partial charge in [-0.15, -0.1) is 0 Å². The zero-order valence-electron chi connectivity index (χ0n) is 9.30. The van der Waals surface area contributed by atoms with Crippen molar-refractivity contribution < 1.29 is 9.59 Å². The third kappa shape index (κ3) is 2.13. The van der Waals surface area contributed by atoms with Gasteiger partial charge in [-0.1, -0.05) is 6.92 Å². The summed E-state index contributed by atoms with van der Waals surface area (Å²) in [5, 5.41) is 5.80. The predicted molar refractivity (Wildman–Crippen MR) is 56.1 cm³/mol. The highest BCUT2D eigenvalue weighted by atomic mass is 16.2. The predicted octanol–water partition coefficient (Wildman–Crippen LogP) is 0.427. The van der Waals surface area contributed by atoms with Crippen LogP contribution in [0.25, 0.3) is 0 Å². The van der Waals surface area contributed by atoms with Crippen LogP contribution in [0.5, 0.6) is 0 Å². The molecule has 2 amide bonds. The van der Waals surface area contributed by atoms with Crippen molar-refractivity contribution in [2.75, 3.05) is 6.54 Å². The van der Waals surface area contributed by atoms with Crippen LogP contribution in [0, 0.1) is 11.3 Å². The molecule has 1 saturated heterocycles. The Morgan fingerprint density at radius 3 is 2.73 bits per heavy atom. The van der Waals surface area contributed by atoms with Crippen molar-refractivity contribution >= 4 is 11.8 Å². The van der Waals surface area contributed by atoms with Crippen LogP contribution < -0.4 is 10.6 Å². The maximum Gasteiger partial charge on any atom is 0.227 e. The lowest BCUT2D eigenvalue weighted by Crippen LogP contribution is -2.51. The molecule has 0 bridgehead atoms. The standard InChI is InChI=1S/C11H18N2O2/c1-7-5-8(7)13-10(15)11(2)4-3-9(14)12-6-11/h7-8H,3-6H2,1-2H3,(H,12,14)(H,13,15). The number of carbonyl (C=O) groups is 2. The third-order valence-corrected chi connectivity index (χ3v) is 3.55. The van der Waals surface area contributed by atoms with Gasteiger partial charge in [-0.25, -0.2) is 0 Å². The van der Waals surface area contributed by atoms with E-state index in [9.17, 15) is 9.59 Å². The van der Waals surface area contributed by atoms with Crippen LogP contribution in [0.15, 0.2) is 0 Å². The van der Waals surface area contributed by atoms with Crippen molar-refractivity contribution in [1.29, 1.82) is 0 Å². The van der Waals surface area contributed by atoms with E-state index < -0.39 is 5.41 Å². The Hall–Kier alpha value is -1.06. The second-order valence-electron chi connectivity index (χ2n) is 5.13. The molecule has 4 nitrogen and oxygen atoms in total. The van der Waals surface area contributed by atoms with Gasteiger partial charge in [-0.05, 0) is 25.7 Å². The average molecular weight is 210 g/mol. The molecular formula is C11H18N2O2. The van der Waals surface area contributed by atoms with Crippen LogP contribution in [0.3, 0.4) is 0 Å². The van der Waals surface area contributed by atoms with Gasteiger partial charge in [0.1, 0.15) is 0 Å². The molecule has 0 aromatic heterocycles. The van der Waals surface area contributed by atoms with Gasteiger partial charge in [0.25, 0.3) is 0 Å². The van der Waals surface area contributed by atoms with Gasteiger partial charge in [-0.2, -0.15) is 0 Å². The normalized spacial score (nSPS) is 39.5. The van der Waals surface area contributed by atoms with E-state index in [4.69, 9.17) is 0 Å². The van der Waals surface area contributed by atoms with Gasteiger partial charge < -0.3 is 10.6 Å². The molecule has 2 fully saturated rings. The molecule has 0 radical (unpaired) electrons. The first-order valence-electron chi connectivity index (χ1n) is 5.59. The summed E-state index contributed by atoms with van der Waals surface area (Å²) in [5.74, 6) is 0.771. The van der Waals surface area contributed by atoms with E-state index in [0.29, 0.717) is 31.3 Å². The Morgan fingerprint density at radius 2 is 2.27 bits per heavy atom. The fraction of sp³-hybridized carbons (Fsp3) is 0.818. The van der Waals surface area contributed by atoms with E-state index in [1.165, 1.54) is 0 Å². The second kappa shape index (κ2) is 3.51. The molecule has 0 spiro atoms. The SMILES string of the molecule is CC1CC1NC(=O)C1(C)CCC(=O)NC1. The van der Waals surface area contributed by atoms with Gasteiger partial charge in [0.15, 0.2) is 0 Å². The first kappa shape index (κ1) is 10.5. The first-order valence-corrected chi connectivity index (χ1v) is 5.59.